The van der Waals surface area contributed by atoms with E-state index in [0.717, 1.165) is 6.07 Å². The average molecular weight is 429 g/mol. The topological polar surface area (TPSA) is 81.2 Å². The quantitative estimate of drug-likeness (QED) is 0.431. The number of nitrogens with one attached hydrogen (secondary N) is 2. The molecule has 0 fully saturated rings. The summed E-state index contributed by atoms with van der Waals surface area (Å²) in [5.41, 5.74) is -4.35. The second-order valence-electron chi connectivity index (χ2n) is 7.86. The predicted octanol–water partition coefficient (Wildman–Crippen LogP) is 4.62. The van der Waals surface area contributed by atoms with Gasteiger partial charge < -0.3 is 15.5 Å². The largest absolute Gasteiger partial charge is 0.505 e. The molecule has 2 aromatic carbocycles. The lowest BCUT2D eigenvalue weighted by atomic mass is 9.74. The maximum atomic E-state index is 13.8. The highest BCUT2D eigenvalue weighted by molar-refractivity contribution is 5.90. The van der Waals surface area contributed by atoms with Crippen molar-refractivity contribution in [2.24, 2.45) is 0 Å². The van der Waals surface area contributed by atoms with Gasteiger partial charge in [0.1, 0.15) is 5.82 Å². The molecule has 0 aliphatic heterocycles. The summed E-state index contributed by atoms with van der Waals surface area (Å²) >= 11 is 0. The molecule has 0 saturated heterocycles. The summed E-state index contributed by atoms with van der Waals surface area (Å²) in [4.78, 5) is 0. The van der Waals surface area contributed by atoms with Crippen LogP contribution in [0.15, 0.2) is 36.5 Å². The molecule has 5 nitrogen and oxygen atoms in total. The molecule has 0 saturated carbocycles. The first-order valence-corrected chi connectivity index (χ1v) is 8.98. The summed E-state index contributed by atoms with van der Waals surface area (Å²) in [5.74, 6) is -3.30. The van der Waals surface area contributed by atoms with Crippen molar-refractivity contribution < 1.29 is 32.2 Å². The fraction of sp³-hybridized carbons (Fsp3) is 0.350. The molecule has 0 bridgehead atoms. The molecular formula is C20H20F5N3O2. The summed E-state index contributed by atoms with van der Waals surface area (Å²) in [6.45, 7) is 1.59. The molecule has 0 spiro atoms. The minimum atomic E-state index is -5.07. The van der Waals surface area contributed by atoms with E-state index in [-0.39, 0.29) is 5.56 Å². The third kappa shape index (κ3) is 4.04. The maximum Gasteiger partial charge on any atom is 0.418 e. The van der Waals surface area contributed by atoms with Gasteiger partial charge in [-0.1, -0.05) is 19.9 Å². The Kier molecular flexibility index (Phi) is 5.40. The number of anilines is 1. The summed E-state index contributed by atoms with van der Waals surface area (Å²) in [5, 5.41) is 30.2. The molecule has 1 heterocycles. The van der Waals surface area contributed by atoms with E-state index in [4.69, 9.17) is 0 Å². The van der Waals surface area contributed by atoms with Gasteiger partial charge in [0.05, 0.1) is 18.3 Å². The second-order valence-corrected chi connectivity index (χ2v) is 7.86. The molecule has 3 rings (SSSR count). The van der Waals surface area contributed by atoms with Crippen LogP contribution in [-0.4, -0.2) is 38.7 Å². The molecule has 3 aromatic rings. The molecule has 1 aromatic heterocycles. The summed E-state index contributed by atoms with van der Waals surface area (Å²) < 4.78 is 68.9. The molecule has 10 heteroatoms. The number of benzene rings is 2. The van der Waals surface area contributed by atoms with Crippen molar-refractivity contribution in [3.8, 4) is 5.75 Å². The van der Waals surface area contributed by atoms with Crippen molar-refractivity contribution in [2.75, 3.05) is 11.9 Å². The lowest BCUT2D eigenvalue weighted by Crippen LogP contribution is -2.53. The SMILES string of the molecule is CC(C)(CC(O)(CNc1cccc2[nH]ncc12)C(F)(F)F)c1cc(F)cc(F)c1O. The number of rotatable bonds is 6. The van der Waals surface area contributed by atoms with Crippen LogP contribution in [-0.2, 0) is 5.41 Å². The van der Waals surface area contributed by atoms with Gasteiger partial charge in [-0.25, -0.2) is 8.78 Å². The Bertz CT molecular complexity index is 1060. The number of aromatic nitrogens is 2. The van der Waals surface area contributed by atoms with Crippen LogP contribution in [0.5, 0.6) is 5.75 Å². The maximum absolute atomic E-state index is 13.8. The normalized spacial score (nSPS) is 14.7. The molecular weight excluding hydrogens is 409 g/mol. The van der Waals surface area contributed by atoms with Crippen LogP contribution in [0.1, 0.15) is 25.8 Å². The zero-order valence-electron chi connectivity index (χ0n) is 16.1. The molecule has 0 aliphatic carbocycles. The lowest BCUT2D eigenvalue weighted by molar-refractivity contribution is -0.260. The van der Waals surface area contributed by atoms with E-state index in [1.54, 1.807) is 12.1 Å². The monoisotopic (exact) mass is 429 g/mol. The molecule has 1 atom stereocenters. The van der Waals surface area contributed by atoms with Crippen LogP contribution in [0.4, 0.5) is 27.6 Å². The van der Waals surface area contributed by atoms with Crippen molar-refractivity contribution >= 4 is 16.6 Å². The van der Waals surface area contributed by atoms with Gasteiger partial charge >= 0.3 is 6.18 Å². The Morgan fingerprint density at radius 1 is 1.13 bits per heavy atom. The van der Waals surface area contributed by atoms with E-state index in [1.165, 1.54) is 26.1 Å². The highest BCUT2D eigenvalue weighted by Gasteiger charge is 2.56. The Morgan fingerprint density at radius 2 is 1.83 bits per heavy atom. The number of phenols is 1. The first kappa shape index (κ1) is 21.8. The predicted molar refractivity (Wildman–Crippen MR) is 101 cm³/mol. The van der Waals surface area contributed by atoms with E-state index in [1.807, 2.05) is 0 Å². The number of hydrogen-bond donors (Lipinski definition) is 4. The highest BCUT2D eigenvalue weighted by atomic mass is 19.4. The van der Waals surface area contributed by atoms with E-state index in [2.05, 4.69) is 15.5 Å². The van der Waals surface area contributed by atoms with E-state index < -0.39 is 47.5 Å². The Morgan fingerprint density at radius 3 is 2.50 bits per heavy atom. The number of alkyl halides is 3. The van der Waals surface area contributed by atoms with Gasteiger partial charge in [-0.2, -0.15) is 18.3 Å². The average Bonchev–Trinajstić information content (AvgIpc) is 3.11. The standard InChI is InChI=1S/C20H20F5N3O2/c1-18(2,13-6-11(21)7-14(22)17(13)29)9-19(30,20(23,24)25)10-26-15-4-3-5-16-12(15)8-27-28-16/h3-8,26,29-30H,9-10H2,1-2H3,(H,27,28). The van der Waals surface area contributed by atoms with Gasteiger partial charge in [-0.15, -0.1) is 0 Å². The molecule has 0 aliphatic rings. The minimum absolute atomic E-state index is 0.321. The van der Waals surface area contributed by atoms with E-state index >= 15 is 0 Å². The van der Waals surface area contributed by atoms with Crippen LogP contribution < -0.4 is 5.32 Å². The number of hydrogen-bond acceptors (Lipinski definition) is 4. The van der Waals surface area contributed by atoms with E-state index in [9.17, 15) is 32.2 Å². The fourth-order valence-electron chi connectivity index (χ4n) is 3.53. The molecule has 1 unspecified atom stereocenters. The highest BCUT2D eigenvalue weighted by Crippen LogP contribution is 2.44. The Balaban J connectivity index is 1.93. The molecule has 0 radical (unpaired) electrons. The van der Waals surface area contributed by atoms with Crippen LogP contribution in [0.2, 0.25) is 0 Å². The third-order valence-corrected chi connectivity index (χ3v) is 5.08. The summed E-state index contributed by atoms with van der Waals surface area (Å²) in [6, 6.07) is 6.02. The molecule has 4 N–H and O–H groups in total. The second kappa shape index (κ2) is 7.42. The van der Waals surface area contributed by atoms with Gasteiger partial charge in [0.2, 0.25) is 0 Å². The first-order valence-electron chi connectivity index (χ1n) is 8.98. The number of aromatic hydroxyl groups is 1. The van der Waals surface area contributed by atoms with Gasteiger partial charge in [0.25, 0.3) is 0 Å². The first-order chi connectivity index (χ1) is 13.8. The third-order valence-electron chi connectivity index (χ3n) is 5.08. The number of nitrogens with zero attached hydrogens (tertiary/aromatic N) is 1. The van der Waals surface area contributed by atoms with Crippen molar-refractivity contribution in [1.29, 1.82) is 0 Å². The number of phenolic OH excluding ortho intramolecular Hbond substituents is 1. The van der Waals surface area contributed by atoms with Gasteiger partial charge in [-0.3, -0.25) is 5.10 Å². The number of fused-ring (bicyclic) bond motifs is 1. The summed E-state index contributed by atoms with van der Waals surface area (Å²) in [7, 11) is 0. The van der Waals surface area contributed by atoms with Crippen LogP contribution in [0.25, 0.3) is 10.9 Å². The number of aromatic amines is 1. The summed E-state index contributed by atoms with van der Waals surface area (Å²) in [6.07, 6.45) is -4.60. The van der Waals surface area contributed by atoms with Gasteiger partial charge in [-0.05, 0) is 30.0 Å². The van der Waals surface area contributed by atoms with Crippen molar-refractivity contribution in [3.05, 3.63) is 53.7 Å². The number of aliphatic hydroxyl groups is 1. The fourth-order valence-corrected chi connectivity index (χ4v) is 3.53. The van der Waals surface area contributed by atoms with E-state index in [0.29, 0.717) is 22.7 Å². The van der Waals surface area contributed by atoms with Crippen LogP contribution in [0, 0.1) is 11.6 Å². The smallest absolute Gasteiger partial charge is 0.418 e. The van der Waals surface area contributed by atoms with Crippen LogP contribution >= 0.6 is 0 Å². The number of halogens is 5. The van der Waals surface area contributed by atoms with Crippen LogP contribution in [0.3, 0.4) is 0 Å². The Labute approximate surface area is 168 Å². The van der Waals surface area contributed by atoms with Crippen molar-refractivity contribution in [3.63, 3.8) is 0 Å². The lowest BCUT2D eigenvalue weighted by Gasteiger charge is -2.38. The van der Waals surface area contributed by atoms with Crippen molar-refractivity contribution in [2.45, 2.75) is 37.5 Å². The van der Waals surface area contributed by atoms with Gasteiger partial charge in [0.15, 0.2) is 17.2 Å². The zero-order chi connectivity index (χ0) is 22.3. The van der Waals surface area contributed by atoms with Gasteiger partial charge in [0, 0.05) is 22.7 Å². The number of H-pyrrole nitrogens is 1. The molecule has 0 amide bonds. The van der Waals surface area contributed by atoms with Crippen molar-refractivity contribution in [1.82, 2.24) is 10.2 Å². The molecule has 162 valence electrons. The Hall–Kier alpha value is -2.88. The minimum Gasteiger partial charge on any atom is -0.505 e. The zero-order valence-corrected chi connectivity index (χ0v) is 16.1. The molecule has 30 heavy (non-hydrogen) atoms.